The Morgan fingerprint density at radius 2 is 2.17 bits per heavy atom. The zero-order valence-corrected chi connectivity index (χ0v) is 19.3. The molecule has 9 heteroatoms. The van der Waals surface area contributed by atoms with E-state index in [-0.39, 0.29) is 17.7 Å². The summed E-state index contributed by atoms with van der Waals surface area (Å²) in [5.41, 5.74) is 2.90. The van der Waals surface area contributed by atoms with E-state index < -0.39 is 0 Å². The largest absolute Gasteiger partial charge is 0.387 e. The fraction of sp³-hybridized carbons (Fsp3) is 0.429. The van der Waals surface area contributed by atoms with E-state index >= 15 is 0 Å². The molecule has 0 radical (unpaired) electrons. The van der Waals surface area contributed by atoms with E-state index in [1.165, 1.54) is 10.4 Å². The number of nitrogens with zero attached hydrogens (tertiary/aromatic N) is 5. The minimum Gasteiger partial charge on any atom is -0.387 e. The minimum atomic E-state index is -0.112. The summed E-state index contributed by atoms with van der Waals surface area (Å²) in [5.74, 6) is 0.597. The standard InChI is InChI=1S/C21H24N6OS2/c1-12(14-7-6-8-29-14)25-28-10-15-23-18-16-13-9-20(2,3)26-21(4,5)17(13)30-19(16)22-11-27(18)24-15/h6-8,11,26H,9-10H2,1-5H3/b25-12+. The van der Waals surface area contributed by atoms with Gasteiger partial charge in [0.15, 0.2) is 18.1 Å². The van der Waals surface area contributed by atoms with Gasteiger partial charge >= 0.3 is 0 Å². The highest BCUT2D eigenvalue weighted by atomic mass is 32.1. The van der Waals surface area contributed by atoms with Crippen molar-refractivity contribution >= 4 is 44.2 Å². The molecule has 0 saturated heterocycles. The lowest BCUT2D eigenvalue weighted by Gasteiger charge is -2.42. The second-order valence-electron chi connectivity index (χ2n) is 8.87. The molecule has 5 heterocycles. The van der Waals surface area contributed by atoms with Crippen molar-refractivity contribution in [3.8, 4) is 0 Å². The van der Waals surface area contributed by atoms with E-state index in [1.54, 1.807) is 33.5 Å². The molecule has 4 aromatic heterocycles. The quantitative estimate of drug-likeness (QED) is 0.373. The average molecular weight is 441 g/mol. The van der Waals surface area contributed by atoms with E-state index in [4.69, 9.17) is 9.82 Å². The third-order valence-corrected chi connectivity index (χ3v) is 7.72. The zero-order valence-electron chi connectivity index (χ0n) is 17.7. The van der Waals surface area contributed by atoms with Gasteiger partial charge in [-0.3, -0.25) is 0 Å². The van der Waals surface area contributed by atoms with Crippen LogP contribution in [0.2, 0.25) is 0 Å². The number of hydrogen-bond donors (Lipinski definition) is 1. The number of thiophene rings is 2. The SMILES string of the molecule is C/C(=N\OCc1nc2c3c4c(sc3ncn2n1)C(C)(C)NC(C)(C)C4)c1cccs1. The molecular formula is C21H24N6OS2. The van der Waals surface area contributed by atoms with Gasteiger partial charge in [0.2, 0.25) is 0 Å². The Morgan fingerprint density at radius 3 is 2.93 bits per heavy atom. The van der Waals surface area contributed by atoms with Crippen molar-refractivity contribution in [2.75, 3.05) is 0 Å². The van der Waals surface area contributed by atoms with Crippen molar-refractivity contribution < 1.29 is 4.84 Å². The van der Waals surface area contributed by atoms with Crippen molar-refractivity contribution in [2.45, 2.75) is 58.7 Å². The van der Waals surface area contributed by atoms with Gasteiger partial charge in [0.1, 0.15) is 11.2 Å². The van der Waals surface area contributed by atoms with Crippen LogP contribution in [-0.4, -0.2) is 30.8 Å². The zero-order chi connectivity index (χ0) is 21.1. The maximum atomic E-state index is 5.54. The van der Waals surface area contributed by atoms with Crippen LogP contribution in [0.3, 0.4) is 0 Å². The molecule has 0 aliphatic carbocycles. The molecule has 0 aromatic carbocycles. The summed E-state index contributed by atoms with van der Waals surface area (Å²) in [6.07, 6.45) is 2.66. The number of fused-ring (bicyclic) bond motifs is 5. The van der Waals surface area contributed by atoms with Crippen molar-refractivity contribution in [3.05, 3.63) is 45.0 Å². The number of hydrogen-bond acceptors (Lipinski definition) is 8. The summed E-state index contributed by atoms with van der Waals surface area (Å²) in [6, 6.07) is 4.02. The van der Waals surface area contributed by atoms with Gasteiger partial charge in [-0.05, 0) is 58.0 Å². The second-order valence-corrected chi connectivity index (χ2v) is 10.8. The molecule has 5 rings (SSSR count). The topological polar surface area (TPSA) is 76.7 Å². The number of rotatable bonds is 4. The summed E-state index contributed by atoms with van der Waals surface area (Å²) in [5, 5.41) is 15.7. The molecule has 0 bridgehead atoms. The highest BCUT2D eigenvalue weighted by molar-refractivity contribution is 7.19. The van der Waals surface area contributed by atoms with Gasteiger partial charge in [0.25, 0.3) is 0 Å². The van der Waals surface area contributed by atoms with Gasteiger partial charge in [-0.25, -0.2) is 14.5 Å². The highest BCUT2D eigenvalue weighted by Crippen LogP contribution is 2.44. The molecular weight excluding hydrogens is 416 g/mol. The van der Waals surface area contributed by atoms with Crippen LogP contribution in [0, 0.1) is 0 Å². The van der Waals surface area contributed by atoms with Crippen LogP contribution in [0.4, 0.5) is 0 Å². The first-order valence-electron chi connectivity index (χ1n) is 9.89. The second kappa shape index (κ2) is 6.83. The summed E-state index contributed by atoms with van der Waals surface area (Å²) in [6.45, 7) is 11.1. The lowest BCUT2D eigenvalue weighted by atomic mass is 9.82. The summed E-state index contributed by atoms with van der Waals surface area (Å²) >= 11 is 3.38. The van der Waals surface area contributed by atoms with Crippen LogP contribution in [0.1, 0.15) is 55.8 Å². The van der Waals surface area contributed by atoms with E-state index in [0.29, 0.717) is 5.82 Å². The molecule has 1 aliphatic rings. The molecule has 0 saturated carbocycles. The first kappa shape index (κ1) is 19.6. The molecule has 156 valence electrons. The van der Waals surface area contributed by atoms with Crippen molar-refractivity contribution in [2.24, 2.45) is 5.16 Å². The Kier molecular flexibility index (Phi) is 4.46. The monoisotopic (exact) mass is 440 g/mol. The molecule has 0 atom stereocenters. The van der Waals surface area contributed by atoms with Gasteiger partial charge in [-0.15, -0.1) is 27.8 Å². The third kappa shape index (κ3) is 3.30. The lowest BCUT2D eigenvalue weighted by molar-refractivity contribution is 0.125. The maximum Gasteiger partial charge on any atom is 0.192 e. The summed E-state index contributed by atoms with van der Waals surface area (Å²) in [4.78, 5) is 18.4. The molecule has 0 spiro atoms. The minimum absolute atomic E-state index is 0.00265. The fourth-order valence-electron chi connectivity index (χ4n) is 4.34. The molecule has 4 aromatic rings. The number of oxime groups is 1. The van der Waals surface area contributed by atoms with Crippen LogP contribution < -0.4 is 5.32 Å². The van der Waals surface area contributed by atoms with Crippen molar-refractivity contribution in [1.29, 1.82) is 0 Å². The van der Waals surface area contributed by atoms with E-state index in [9.17, 15) is 0 Å². The van der Waals surface area contributed by atoms with E-state index in [1.807, 2.05) is 24.4 Å². The van der Waals surface area contributed by atoms with Gasteiger partial charge in [0.05, 0.1) is 16.0 Å². The highest BCUT2D eigenvalue weighted by Gasteiger charge is 2.39. The van der Waals surface area contributed by atoms with Crippen LogP contribution >= 0.6 is 22.7 Å². The van der Waals surface area contributed by atoms with Gasteiger partial charge in [-0.2, -0.15) is 0 Å². The molecule has 0 unspecified atom stereocenters. The lowest BCUT2D eigenvalue weighted by Crippen LogP contribution is -2.54. The van der Waals surface area contributed by atoms with Gasteiger partial charge in [-0.1, -0.05) is 11.2 Å². The number of nitrogens with one attached hydrogen (secondary N) is 1. The maximum absolute atomic E-state index is 5.54. The Morgan fingerprint density at radius 1 is 1.33 bits per heavy atom. The van der Waals surface area contributed by atoms with Crippen molar-refractivity contribution in [1.82, 2.24) is 24.9 Å². The molecule has 7 nitrogen and oxygen atoms in total. The van der Waals surface area contributed by atoms with E-state index in [0.717, 1.165) is 32.9 Å². The Hall–Kier alpha value is -2.36. The molecule has 1 N–H and O–H groups in total. The van der Waals surface area contributed by atoms with E-state index in [2.05, 4.69) is 48.3 Å². The predicted octanol–water partition coefficient (Wildman–Crippen LogP) is 4.50. The normalized spacial score (nSPS) is 18.1. The van der Waals surface area contributed by atoms with Gasteiger partial charge < -0.3 is 10.2 Å². The van der Waals surface area contributed by atoms with Crippen LogP contribution in [0.15, 0.2) is 29.0 Å². The Bertz CT molecular complexity index is 1270. The Labute approximate surface area is 182 Å². The average Bonchev–Trinajstić information content (AvgIpc) is 3.37. The number of aromatic nitrogens is 4. The first-order valence-corrected chi connectivity index (χ1v) is 11.6. The summed E-state index contributed by atoms with van der Waals surface area (Å²) in [7, 11) is 0. The molecule has 30 heavy (non-hydrogen) atoms. The molecule has 0 fully saturated rings. The van der Waals surface area contributed by atoms with Crippen LogP contribution in [-0.2, 0) is 23.4 Å². The van der Waals surface area contributed by atoms with Gasteiger partial charge in [0, 0.05) is 16.0 Å². The molecule has 0 amide bonds. The summed E-state index contributed by atoms with van der Waals surface area (Å²) < 4.78 is 1.76. The third-order valence-electron chi connectivity index (χ3n) is 5.28. The fourth-order valence-corrected chi connectivity index (χ4v) is 6.22. The van der Waals surface area contributed by atoms with Crippen LogP contribution in [0.5, 0.6) is 0 Å². The predicted molar refractivity (Wildman–Crippen MR) is 121 cm³/mol. The van der Waals surface area contributed by atoms with Crippen molar-refractivity contribution in [3.63, 3.8) is 0 Å². The first-order chi connectivity index (χ1) is 14.2. The molecule has 1 aliphatic heterocycles. The Balaban J connectivity index is 1.51. The smallest absolute Gasteiger partial charge is 0.192 e. The van der Waals surface area contributed by atoms with Crippen LogP contribution in [0.25, 0.3) is 15.9 Å².